The van der Waals surface area contributed by atoms with Crippen LogP contribution in [-0.4, -0.2) is 19.0 Å². The SMILES string of the molecule is CCC(NCC(=O)N1CCc2ccccc21)c1cccc(Cl)c1. The number of halogens is 1. The summed E-state index contributed by atoms with van der Waals surface area (Å²) in [6.07, 6.45) is 1.84. The van der Waals surface area contributed by atoms with Gasteiger partial charge in [0.2, 0.25) is 5.91 Å². The number of carbonyl (C=O) groups excluding carboxylic acids is 1. The van der Waals surface area contributed by atoms with Crippen molar-refractivity contribution in [2.45, 2.75) is 25.8 Å². The van der Waals surface area contributed by atoms with E-state index >= 15 is 0 Å². The first-order valence-electron chi connectivity index (χ1n) is 8.06. The largest absolute Gasteiger partial charge is 0.311 e. The molecule has 0 spiro atoms. The topological polar surface area (TPSA) is 32.3 Å². The molecule has 1 aliphatic rings. The van der Waals surface area contributed by atoms with Crippen LogP contribution < -0.4 is 10.2 Å². The van der Waals surface area contributed by atoms with E-state index in [9.17, 15) is 4.79 Å². The minimum Gasteiger partial charge on any atom is -0.311 e. The predicted molar refractivity (Wildman–Crippen MR) is 95.0 cm³/mol. The van der Waals surface area contributed by atoms with E-state index in [-0.39, 0.29) is 11.9 Å². The van der Waals surface area contributed by atoms with Gasteiger partial charge in [-0.15, -0.1) is 0 Å². The van der Waals surface area contributed by atoms with Gasteiger partial charge in [0.1, 0.15) is 0 Å². The Morgan fingerprint density at radius 1 is 1.26 bits per heavy atom. The van der Waals surface area contributed by atoms with Gasteiger partial charge >= 0.3 is 0 Å². The number of fused-ring (bicyclic) bond motifs is 1. The van der Waals surface area contributed by atoms with E-state index in [2.05, 4.69) is 18.3 Å². The molecule has 1 N–H and O–H groups in total. The third kappa shape index (κ3) is 3.57. The highest BCUT2D eigenvalue weighted by Gasteiger charge is 2.24. The minimum atomic E-state index is 0.121. The van der Waals surface area contributed by atoms with Crippen molar-refractivity contribution in [1.82, 2.24) is 5.32 Å². The Kier molecular flexibility index (Phi) is 4.99. The summed E-state index contributed by atoms with van der Waals surface area (Å²) in [7, 11) is 0. The molecule has 1 unspecified atom stereocenters. The second kappa shape index (κ2) is 7.16. The van der Waals surface area contributed by atoms with Crippen LogP contribution in [0.2, 0.25) is 5.02 Å². The average Bonchev–Trinajstić information content (AvgIpc) is 2.99. The highest BCUT2D eigenvalue weighted by molar-refractivity contribution is 6.30. The van der Waals surface area contributed by atoms with Crippen LogP contribution in [0.5, 0.6) is 0 Å². The number of benzene rings is 2. The van der Waals surface area contributed by atoms with Crippen LogP contribution in [0.15, 0.2) is 48.5 Å². The van der Waals surface area contributed by atoms with E-state index in [1.807, 2.05) is 47.4 Å². The lowest BCUT2D eigenvalue weighted by Gasteiger charge is -2.21. The Hall–Kier alpha value is -1.84. The van der Waals surface area contributed by atoms with Crippen LogP contribution in [0.4, 0.5) is 5.69 Å². The molecule has 0 aliphatic carbocycles. The zero-order chi connectivity index (χ0) is 16.2. The normalized spacial score (nSPS) is 14.6. The Bertz CT molecular complexity index is 701. The van der Waals surface area contributed by atoms with Crippen LogP contribution in [-0.2, 0) is 11.2 Å². The summed E-state index contributed by atoms with van der Waals surface area (Å²) in [6.45, 7) is 3.21. The second-order valence-electron chi connectivity index (χ2n) is 5.82. The van der Waals surface area contributed by atoms with Crippen molar-refractivity contribution >= 4 is 23.2 Å². The van der Waals surface area contributed by atoms with Crippen LogP contribution in [0.25, 0.3) is 0 Å². The molecule has 0 bridgehead atoms. The van der Waals surface area contributed by atoms with Crippen LogP contribution in [0, 0.1) is 0 Å². The summed E-state index contributed by atoms with van der Waals surface area (Å²) in [4.78, 5) is 14.4. The summed E-state index contributed by atoms with van der Waals surface area (Å²) in [5.41, 5.74) is 3.42. The van der Waals surface area contributed by atoms with Crippen LogP contribution in [0.3, 0.4) is 0 Å². The number of anilines is 1. The molecule has 0 saturated heterocycles. The fourth-order valence-corrected chi connectivity index (χ4v) is 3.32. The lowest BCUT2D eigenvalue weighted by Crippen LogP contribution is -2.38. The first-order valence-corrected chi connectivity index (χ1v) is 8.44. The Balaban J connectivity index is 1.65. The molecule has 1 atom stereocenters. The molecule has 120 valence electrons. The number of hydrogen-bond donors (Lipinski definition) is 1. The number of rotatable bonds is 5. The first-order chi connectivity index (χ1) is 11.2. The van der Waals surface area contributed by atoms with Crippen molar-refractivity contribution in [2.75, 3.05) is 18.0 Å². The average molecular weight is 329 g/mol. The molecule has 4 heteroatoms. The van der Waals surface area contributed by atoms with Crippen molar-refractivity contribution in [2.24, 2.45) is 0 Å². The highest BCUT2D eigenvalue weighted by Crippen LogP contribution is 2.27. The van der Waals surface area contributed by atoms with Crippen molar-refractivity contribution in [3.63, 3.8) is 0 Å². The molecule has 2 aromatic rings. The number of carbonyl (C=O) groups is 1. The lowest BCUT2D eigenvalue weighted by molar-refractivity contribution is -0.117. The summed E-state index contributed by atoms with van der Waals surface area (Å²) in [6, 6.07) is 16.1. The van der Waals surface area contributed by atoms with E-state index in [1.54, 1.807) is 0 Å². The van der Waals surface area contributed by atoms with Gasteiger partial charge in [0.15, 0.2) is 0 Å². The highest BCUT2D eigenvalue weighted by atomic mass is 35.5. The van der Waals surface area contributed by atoms with Crippen molar-refractivity contribution < 1.29 is 4.79 Å². The Morgan fingerprint density at radius 2 is 2.09 bits per heavy atom. The maximum absolute atomic E-state index is 12.6. The molecule has 0 fully saturated rings. The number of hydrogen-bond acceptors (Lipinski definition) is 2. The molecule has 1 aliphatic heterocycles. The third-order valence-corrected chi connectivity index (χ3v) is 4.58. The smallest absolute Gasteiger partial charge is 0.240 e. The monoisotopic (exact) mass is 328 g/mol. The summed E-state index contributed by atoms with van der Waals surface area (Å²) >= 11 is 6.07. The van der Waals surface area contributed by atoms with Gasteiger partial charge in [-0.05, 0) is 42.2 Å². The number of amides is 1. The summed E-state index contributed by atoms with van der Waals surface area (Å²) in [5.74, 6) is 0.121. The summed E-state index contributed by atoms with van der Waals surface area (Å²) < 4.78 is 0. The molecule has 0 radical (unpaired) electrons. The van der Waals surface area contributed by atoms with Gasteiger partial charge in [-0.2, -0.15) is 0 Å². The van der Waals surface area contributed by atoms with Gasteiger partial charge < -0.3 is 10.2 Å². The molecule has 0 aromatic heterocycles. The molecule has 0 saturated carbocycles. The molecule has 3 nitrogen and oxygen atoms in total. The van der Waals surface area contributed by atoms with Crippen LogP contribution in [0.1, 0.15) is 30.5 Å². The second-order valence-corrected chi connectivity index (χ2v) is 6.26. The maximum atomic E-state index is 12.6. The maximum Gasteiger partial charge on any atom is 0.240 e. The zero-order valence-corrected chi connectivity index (χ0v) is 14.0. The van der Waals surface area contributed by atoms with Gasteiger partial charge in [-0.25, -0.2) is 0 Å². The van der Waals surface area contributed by atoms with Gasteiger partial charge in [-0.3, -0.25) is 4.79 Å². The minimum absolute atomic E-state index is 0.121. The molecular formula is C19H21ClN2O. The number of nitrogens with one attached hydrogen (secondary N) is 1. The quantitative estimate of drug-likeness (QED) is 0.900. The van der Waals surface area contributed by atoms with Gasteiger partial charge in [0, 0.05) is 23.3 Å². The van der Waals surface area contributed by atoms with Crippen molar-refractivity contribution in [1.29, 1.82) is 0 Å². The third-order valence-electron chi connectivity index (χ3n) is 4.35. The van der Waals surface area contributed by atoms with E-state index < -0.39 is 0 Å². The van der Waals surface area contributed by atoms with Crippen LogP contribution >= 0.6 is 11.6 Å². The van der Waals surface area contributed by atoms with Crippen molar-refractivity contribution in [3.8, 4) is 0 Å². The van der Waals surface area contributed by atoms with Gasteiger partial charge in [-0.1, -0.05) is 48.9 Å². The number of nitrogens with zero attached hydrogens (tertiary/aromatic N) is 1. The van der Waals surface area contributed by atoms with E-state index in [0.29, 0.717) is 6.54 Å². The molecule has 23 heavy (non-hydrogen) atoms. The molecule has 2 aromatic carbocycles. The molecule has 1 heterocycles. The van der Waals surface area contributed by atoms with Gasteiger partial charge in [0.05, 0.1) is 6.54 Å². The Morgan fingerprint density at radius 3 is 2.87 bits per heavy atom. The number of para-hydroxylation sites is 1. The first kappa shape index (κ1) is 16.0. The van der Waals surface area contributed by atoms with E-state index in [0.717, 1.165) is 35.7 Å². The molecule has 3 rings (SSSR count). The van der Waals surface area contributed by atoms with E-state index in [1.165, 1.54) is 5.56 Å². The molecule has 1 amide bonds. The van der Waals surface area contributed by atoms with Crippen molar-refractivity contribution in [3.05, 3.63) is 64.7 Å². The lowest BCUT2D eigenvalue weighted by atomic mass is 10.0. The fraction of sp³-hybridized carbons (Fsp3) is 0.316. The standard InChI is InChI=1S/C19H21ClN2O/c1-2-17(15-7-5-8-16(20)12-15)21-13-19(23)22-11-10-14-6-3-4-9-18(14)22/h3-9,12,17,21H,2,10-11,13H2,1H3. The van der Waals surface area contributed by atoms with Gasteiger partial charge in [0.25, 0.3) is 0 Å². The zero-order valence-electron chi connectivity index (χ0n) is 13.3. The van der Waals surface area contributed by atoms with E-state index in [4.69, 9.17) is 11.6 Å². The predicted octanol–water partition coefficient (Wildman–Crippen LogP) is 3.97. The molecular weight excluding hydrogens is 308 g/mol. The fourth-order valence-electron chi connectivity index (χ4n) is 3.12. The Labute approximate surface area is 142 Å². The summed E-state index contributed by atoms with van der Waals surface area (Å²) in [5, 5.41) is 4.10.